The van der Waals surface area contributed by atoms with Gasteiger partial charge in [-0.25, -0.2) is 0 Å². The average Bonchev–Trinajstić information content (AvgIpc) is 2.59. The average molecular weight is 341 g/mol. The Morgan fingerprint density at radius 3 is 2.48 bits per heavy atom. The van der Waals surface area contributed by atoms with Gasteiger partial charge in [0.05, 0.1) is 20.3 Å². The van der Waals surface area contributed by atoms with Crippen LogP contribution in [0.3, 0.4) is 0 Å². The zero-order valence-corrected chi connectivity index (χ0v) is 15.0. The lowest BCUT2D eigenvalue weighted by Gasteiger charge is -2.27. The molecule has 1 aliphatic rings. The molecule has 132 valence electrons. The zero-order valence-electron chi connectivity index (χ0n) is 15.0. The van der Waals surface area contributed by atoms with Crippen molar-refractivity contribution in [3.8, 4) is 17.2 Å². The minimum atomic E-state index is -0.0562. The minimum absolute atomic E-state index is 0.0140. The third-order valence-electron chi connectivity index (χ3n) is 4.23. The summed E-state index contributed by atoms with van der Waals surface area (Å²) in [4.78, 5) is 12.2. The lowest BCUT2D eigenvalue weighted by molar-refractivity contribution is -0.116. The van der Waals surface area contributed by atoms with Gasteiger partial charge in [-0.1, -0.05) is 12.1 Å². The third kappa shape index (κ3) is 3.55. The number of carbonyl (C=O) groups is 1. The number of benzene rings is 2. The highest BCUT2D eigenvalue weighted by molar-refractivity contribution is 5.96. The summed E-state index contributed by atoms with van der Waals surface area (Å²) >= 11 is 0. The second-order valence-electron chi connectivity index (χ2n) is 6.34. The molecule has 2 aromatic carbocycles. The molecule has 1 N–H and O–H groups in total. The molecule has 0 spiro atoms. The summed E-state index contributed by atoms with van der Waals surface area (Å²) in [6.07, 6.45) is 0.481. The number of hydrogen-bond donors (Lipinski definition) is 1. The molecule has 0 fully saturated rings. The number of rotatable bonds is 5. The Labute approximate surface area is 147 Å². The Kier molecular flexibility index (Phi) is 4.83. The number of ether oxygens (including phenoxy) is 3. The van der Waals surface area contributed by atoms with Crippen LogP contribution in [0.4, 0.5) is 5.69 Å². The number of amides is 1. The summed E-state index contributed by atoms with van der Waals surface area (Å²) in [6, 6.07) is 11.7. The molecule has 0 radical (unpaired) electrons. The first-order valence-electron chi connectivity index (χ1n) is 8.34. The normalized spacial score (nSPS) is 16.2. The molecule has 0 aliphatic carbocycles. The van der Waals surface area contributed by atoms with E-state index in [1.54, 1.807) is 14.2 Å². The second-order valence-corrected chi connectivity index (χ2v) is 6.34. The highest BCUT2D eigenvalue weighted by Gasteiger charge is 2.28. The maximum absolute atomic E-state index is 12.2. The molecule has 25 heavy (non-hydrogen) atoms. The number of fused-ring (bicyclic) bond motifs is 1. The predicted octanol–water partition coefficient (Wildman–Crippen LogP) is 3.97. The summed E-state index contributed by atoms with van der Waals surface area (Å²) in [7, 11) is 3.19. The molecule has 5 nitrogen and oxygen atoms in total. The highest BCUT2D eigenvalue weighted by atomic mass is 16.5. The minimum Gasteiger partial charge on any atom is -0.493 e. The molecule has 0 aromatic heterocycles. The second kappa shape index (κ2) is 7.05. The van der Waals surface area contributed by atoms with E-state index in [2.05, 4.69) is 5.32 Å². The van der Waals surface area contributed by atoms with Gasteiger partial charge in [0.1, 0.15) is 5.75 Å². The molecular formula is C20H23NO4. The van der Waals surface area contributed by atoms with Gasteiger partial charge in [0.15, 0.2) is 11.5 Å². The van der Waals surface area contributed by atoms with Crippen molar-refractivity contribution in [3.05, 3.63) is 47.5 Å². The number of hydrogen-bond acceptors (Lipinski definition) is 4. The van der Waals surface area contributed by atoms with E-state index < -0.39 is 0 Å². The van der Waals surface area contributed by atoms with E-state index in [0.29, 0.717) is 17.9 Å². The first-order chi connectivity index (χ1) is 12.0. The molecule has 5 heteroatoms. The quantitative estimate of drug-likeness (QED) is 0.894. The van der Waals surface area contributed by atoms with E-state index >= 15 is 0 Å². The number of methoxy groups -OCH3 is 2. The van der Waals surface area contributed by atoms with E-state index in [1.807, 2.05) is 50.2 Å². The first kappa shape index (κ1) is 17.1. The fourth-order valence-corrected chi connectivity index (χ4v) is 3.16. The summed E-state index contributed by atoms with van der Waals surface area (Å²) in [5.41, 5.74) is 2.81. The van der Waals surface area contributed by atoms with Crippen LogP contribution in [0.25, 0.3) is 0 Å². The number of anilines is 1. The SMILES string of the molecule is COc1cc2c(cc1OC)C(c1cccc(OC(C)C)c1)CC(=O)N2. The van der Waals surface area contributed by atoms with Gasteiger partial charge in [-0.15, -0.1) is 0 Å². The fraction of sp³-hybridized carbons (Fsp3) is 0.350. The largest absolute Gasteiger partial charge is 0.493 e. The van der Waals surface area contributed by atoms with E-state index in [4.69, 9.17) is 14.2 Å². The Balaban J connectivity index is 2.05. The standard InChI is InChI=1S/C20H23NO4/c1-12(2)25-14-7-5-6-13(8-14)15-10-20(22)21-17-11-19(24-4)18(23-3)9-16(15)17/h5-9,11-12,15H,10H2,1-4H3,(H,21,22). The van der Waals surface area contributed by atoms with E-state index in [0.717, 1.165) is 22.6 Å². The van der Waals surface area contributed by atoms with Crippen molar-refractivity contribution in [3.63, 3.8) is 0 Å². The van der Waals surface area contributed by atoms with Gasteiger partial charge >= 0.3 is 0 Å². The van der Waals surface area contributed by atoms with Crippen LogP contribution < -0.4 is 19.5 Å². The summed E-state index contributed by atoms with van der Waals surface area (Å²) in [6.45, 7) is 3.99. The molecule has 1 heterocycles. The molecule has 0 bridgehead atoms. The van der Waals surface area contributed by atoms with Crippen molar-refractivity contribution in [2.75, 3.05) is 19.5 Å². The smallest absolute Gasteiger partial charge is 0.225 e. The van der Waals surface area contributed by atoms with Gasteiger partial charge in [-0.2, -0.15) is 0 Å². The molecular weight excluding hydrogens is 318 g/mol. The molecule has 0 saturated carbocycles. The van der Waals surface area contributed by atoms with Crippen molar-refractivity contribution in [1.29, 1.82) is 0 Å². The van der Waals surface area contributed by atoms with Gasteiger partial charge in [0.2, 0.25) is 5.91 Å². The summed E-state index contributed by atoms with van der Waals surface area (Å²) < 4.78 is 16.6. The van der Waals surface area contributed by atoms with Gasteiger partial charge in [-0.3, -0.25) is 4.79 Å². The van der Waals surface area contributed by atoms with Gasteiger partial charge in [-0.05, 0) is 43.2 Å². The van der Waals surface area contributed by atoms with E-state index in [-0.39, 0.29) is 17.9 Å². The highest BCUT2D eigenvalue weighted by Crippen LogP contribution is 2.43. The molecule has 1 aliphatic heterocycles. The van der Waals surface area contributed by atoms with Crippen LogP contribution in [0.5, 0.6) is 17.2 Å². The fourth-order valence-electron chi connectivity index (χ4n) is 3.16. The Morgan fingerprint density at radius 1 is 1.08 bits per heavy atom. The molecule has 1 unspecified atom stereocenters. The number of nitrogens with one attached hydrogen (secondary N) is 1. The Morgan fingerprint density at radius 2 is 1.80 bits per heavy atom. The molecule has 1 amide bonds. The van der Waals surface area contributed by atoms with Crippen LogP contribution in [-0.4, -0.2) is 26.2 Å². The molecule has 0 saturated heterocycles. The van der Waals surface area contributed by atoms with E-state index in [9.17, 15) is 4.79 Å². The first-order valence-corrected chi connectivity index (χ1v) is 8.34. The van der Waals surface area contributed by atoms with Crippen molar-refractivity contribution in [1.82, 2.24) is 0 Å². The van der Waals surface area contributed by atoms with Crippen LogP contribution in [0.2, 0.25) is 0 Å². The van der Waals surface area contributed by atoms with Crippen molar-refractivity contribution in [2.24, 2.45) is 0 Å². The maximum Gasteiger partial charge on any atom is 0.225 e. The van der Waals surface area contributed by atoms with Gasteiger partial charge in [0.25, 0.3) is 0 Å². The van der Waals surface area contributed by atoms with Crippen LogP contribution >= 0.6 is 0 Å². The van der Waals surface area contributed by atoms with Crippen LogP contribution in [0, 0.1) is 0 Å². The molecule has 2 aromatic rings. The Bertz CT molecular complexity index is 785. The van der Waals surface area contributed by atoms with Crippen molar-refractivity contribution < 1.29 is 19.0 Å². The number of carbonyl (C=O) groups excluding carboxylic acids is 1. The Hall–Kier alpha value is -2.69. The topological polar surface area (TPSA) is 56.8 Å². The van der Waals surface area contributed by atoms with Crippen molar-refractivity contribution in [2.45, 2.75) is 32.3 Å². The third-order valence-corrected chi connectivity index (χ3v) is 4.23. The van der Waals surface area contributed by atoms with E-state index in [1.165, 1.54) is 0 Å². The van der Waals surface area contributed by atoms with Crippen LogP contribution in [0.1, 0.15) is 37.3 Å². The summed E-state index contributed by atoms with van der Waals surface area (Å²) in [5.74, 6) is 1.98. The zero-order chi connectivity index (χ0) is 18.0. The van der Waals surface area contributed by atoms with Gasteiger partial charge < -0.3 is 19.5 Å². The predicted molar refractivity (Wildman–Crippen MR) is 96.8 cm³/mol. The molecule has 1 atom stereocenters. The van der Waals surface area contributed by atoms with Gasteiger partial charge in [0, 0.05) is 24.1 Å². The van der Waals surface area contributed by atoms with Crippen LogP contribution in [-0.2, 0) is 4.79 Å². The summed E-state index contributed by atoms with van der Waals surface area (Å²) in [5, 5.41) is 2.93. The lowest BCUT2D eigenvalue weighted by Crippen LogP contribution is -2.23. The maximum atomic E-state index is 12.2. The monoisotopic (exact) mass is 341 g/mol. The lowest BCUT2D eigenvalue weighted by atomic mass is 9.84. The van der Waals surface area contributed by atoms with Crippen LogP contribution in [0.15, 0.2) is 36.4 Å². The molecule has 3 rings (SSSR count). The van der Waals surface area contributed by atoms with Crippen molar-refractivity contribution >= 4 is 11.6 Å².